The Morgan fingerprint density at radius 2 is 1.71 bits per heavy atom. The van der Waals surface area contributed by atoms with Crippen LogP contribution in [0.15, 0.2) is 24.3 Å². The van der Waals surface area contributed by atoms with E-state index in [0.29, 0.717) is 0 Å². The molecule has 0 spiro atoms. The molecule has 0 radical (unpaired) electrons. The Balaban J connectivity index is 0.000000249. The molecule has 1 nitrogen and oxygen atoms in total. The van der Waals surface area contributed by atoms with Crippen LogP contribution in [-0.4, -0.2) is 7.25 Å². The van der Waals surface area contributed by atoms with Crippen molar-refractivity contribution >= 4 is 28.9 Å². The zero-order valence-corrected chi connectivity index (χ0v) is 10.3. The maximum atomic E-state index is 9.75. The molecule has 0 fully saturated rings. The molecule has 1 heterocycles. The normalized spacial score (nSPS) is 11.2. The standard InChI is InChI=1S/C10H12NS.BF4/c1-3-11-8(2)9-6-4-5-7-10(9)12-11;2-1(3,4)5/h4-7H,3H2,1-2H3;/q+1;-1. The predicted molar refractivity (Wildman–Crippen MR) is 62.6 cm³/mol. The van der Waals surface area contributed by atoms with Gasteiger partial charge >= 0.3 is 7.25 Å². The van der Waals surface area contributed by atoms with E-state index in [-0.39, 0.29) is 0 Å². The summed E-state index contributed by atoms with van der Waals surface area (Å²) >= 11 is 1.84. The molecule has 0 bridgehead atoms. The molecule has 1 aromatic heterocycles. The molecule has 94 valence electrons. The Kier molecular flexibility index (Phi) is 4.50. The Hall–Kier alpha value is -1.11. The Morgan fingerprint density at radius 1 is 1.18 bits per heavy atom. The summed E-state index contributed by atoms with van der Waals surface area (Å²) < 4.78 is 42.7. The van der Waals surface area contributed by atoms with Gasteiger partial charge in [0.1, 0.15) is 16.2 Å². The van der Waals surface area contributed by atoms with Crippen molar-refractivity contribution in [2.24, 2.45) is 0 Å². The number of fused-ring (bicyclic) bond motifs is 1. The first-order valence-electron chi connectivity index (χ1n) is 5.08. The third-order valence-electron chi connectivity index (χ3n) is 2.15. The molecule has 2 rings (SSSR count). The highest BCUT2D eigenvalue weighted by molar-refractivity contribution is 7.09. The number of hydrogen-bond donors (Lipinski definition) is 0. The van der Waals surface area contributed by atoms with Gasteiger partial charge in [0.25, 0.3) is 0 Å². The van der Waals surface area contributed by atoms with Crippen molar-refractivity contribution < 1.29 is 21.2 Å². The van der Waals surface area contributed by atoms with Gasteiger partial charge in [0.05, 0.1) is 5.39 Å². The van der Waals surface area contributed by atoms with E-state index in [9.17, 15) is 17.3 Å². The highest BCUT2D eigenvalue weighted by atomic mass is 32.1. The van der Waals surface area contributed by atoms with Gasteiger partial charge in [-0.15, -0.1) is 3.96 Å². The van der Waals surface area contributed by atoms with Crippen LogP contribution in [0, 0.1) is 6.92 Å². The summed E-state index contributed by atoms with van der Waals surface area (Å²) in [6.07, 6.45) is 0. The maximum absolute atomic E-state index is 9.75. The SMILES string of the molecule is CC[n+]1sc2ccccc2c1C.F[B-](F)(F)F. The van der Waals surface area contributed by atoms with E-state index >= 15 is 0 Å². The summed E-state index contributed by atoms with van der Waals surface area (Å²) in [5, 5.41) is 1.39. The van der Waals surface area contributed by atoms with Crippen molar-refractivity contribution in [3.05, 3.63) is 30.0 Å². The molecule has 0 saturated carbocycles. The summed E-state index contributed by atoms with van der Waals surface area (Å²) in [7, 11) is -6.00. The van der Waals surface area contributed by atoms with Crippen molar-refractivity contribution in [3.63, 3.8) is 0 Å². The largest absolute Gasteiger partial charge is 0.673 e. The number of hydrogen-bond acceptors (Lipinski definition) is 1. The molecular formula is C10H12BF4NS. The van der Waals surface area contributed by atoms with Gasteiger partial charge in [-0.2, -0.15) is 0 Å². The van der Waals surface area contributed by atoms with Gasteiger partial charge in [-0.25, -0.2) is 0 Å². The number of aryl methyl sites for hydroxylation is 2. The predicted octanol–water partition coefficient (Wildman–Crippen LogP) is 3.82. The minimum atomic E-state index is -6.00. The van der Waals surface area contributed by atoms with Crippen molar-refractivity contribution in [1.29, 1.82) is 0 Å². The molecule has 17 heavy (non-hydrogen) atoms. The van der Waals surface area contributed by atoms with E-state index in [1.165, 1.54) is 15.8 Å². The van der Waals surface area contributed by atoms with E-state index in [1.54, 1.807) is 0 Å². The van der Waals surface area contributed by atoms with E-state index in [1.807, 2.05) is 11.5 Å². The monoisotopic (exact) mass is 265 g/mol. The summed E-state index contributed by atoms with van der Waals surface area (Å²) in [6.45, 7) is 5.44. The lowest BCUT2D eigenvalue weighted by molar-refractivity contribution is -0.630. The molecule has 0 atom stereocenters. The average Bonchev–Trinajstić information content (AvgIpc) is 2.54. The van der Waals surface area contributed by atoms with Crippen LogP contribution in [0.2, 0.25) is 0 Å². The molecule has 2 aromatic rings. The van der Waals surface area contributed by atoms with Crippen LogP contribution in [0.3, 0.4) is 0 Å². The fourth-order valence-electron chi connectivity index (χ4n) is 1.47. The zero-order valence-electron chi connectivity index (χ0n) is 9.46. The smallest absolute Gasteiger partial charge is 0.418 e. The van der Waals surface area contributed by atoms with Crippen LogP contribution in [0.4, 0.5) is 17.3 Å². The van der Waals surface area contributed by atoms with Crippen molar-refractivity contribution in [2.45, 2.75) is 20.4 Å². The van der Waals surface area contributed by atoms with Gasteiger partial charge in [-0.05, 0) is 19.1 Å². The summed E-state index contributed by atoms with van der Waals surface area (Å²) in [5.41, 5.74) is 1.39. The Morgan fingerprint density at radius 3 is 2.18 bits per heavy atom. The highest BCUT2D eigenvalue weighted by Gasteiger charge is 2.20. The van der Waals surface area contributed by atoms with Gasteiger partial charge in [0.15, 0.2) is 6.54 Å². The maximum Gasteiger partial charge on any atom is 0.673 e. The number of aromatic nitrogens is 1. The number of halogens is 4. The summed E-state index contributed by atoms with van der Waals surface area (Å²) in [6, 6.07) is 8.56. The van der Waals surface area contributed by atoms with E-state index in [0.717, 1.165) is 6.54 Å². The summed E-state index contributed by atoms with van der Waals surface area (Å²) in [4.78, 5) is 0. The molecule has 0 aliphatic carbocycles. The Bertz CT molecular complexity index is 489. The van der Waals surface area contributed by atoms with Crippen LogP contribution in [0.25, 0.3) is 10.1 Å². The van der Waals surface area contributed by atoms with Crippen LogP contribution in [0.5, 0.6) is 0 Å². The molecule has 0 amide bonds. The molecule has 0 N–H and O–H groups in total. The topological polar surface area (TPSA) is 3.88 Å². The minimum absolute atomic E-state index is 1.07. The second-order valence-corrected chi connectivity index (χ2v) is 4.43. The molecule has 7 heteroatoms. The third-order valence-corrected chi connectivity index (χ3v) is 3.45. The van der Waals surface area contributed by atoms with Gasteiger partial charge < -0.3 is 17.3 Å². The summed E-state index contributed by atoms with van der Waals surface area (Å²) in [5.74, 6) is 0. The molecule has 0 aliphatic rings. The van der Waals surface area contributed by atoms with Gasteiger partial charge in [0, 0.05) is 6.92 Å². The van der Waals surface area contributed by atoms with Crippen molar-refractivity contribution in [2.75, 3.05) is 0 Å². The van der Waals surface area contributed by atoms with E-state index in [2.05, 4.69) is 42.1 Å². The third kappa shape index (κ3) is 4.34. The number of benzene rings is 1. The lowest BCUT2D eigenvalue weighted by atomic mass is 10.2. The second kappa shape index (κ2) is 5.49. The number of nitrogens with zero attached hydrogens (tertiary/aromatic N) is 1. The lowest BCUT2D eigenvalue weighted by Crippen LogP contribution is -2.29. The molecule has 0 aliphatic heterocycles. The van der Waals surface area contributed by atoms with Crippen LogP contribution < -0.4 is 3.96 Å². The lowest BCUT2D eigenvalue weighted by Gasteiger charge is -1.94. The van der Waals surface area contributed by atoms with Crippen LogP contribution >= 0.6 is 11.5 Å². The van der Waals surface area contributed by atoms with Gasteiger partial charge in [0.2, 0.25) is 5.69 Å². The fourth-order valence-corrected chi connectivity index (χ4v) is 2.52. The molecule has 0 saturated heterocycles. The van der Waals surface area contributed by atoms with E-state index < -0.39 is 7.25 Å². The minimum Gasteiger partial charge on any atom is -0.418 e. The average molecular weight is 265 g/mol. The van der Waals surface area contributed by atoms with Gasteiger partial charge in [-0.1, -0.05) is 12.1 Å². The molecule has 0 unspecified atom stereocenters. The van der Waals surface area contributed by atoms with Crippen molar-refractivity contribution in [1.82, 2.24) is 0 Å². The number of rotatable bonds is 1. The first-order valence-corrected chi connectivity index (χ1v) is 5.86. The van der Waals surface area contributed by atoms with Gasteiger partial charge in [-0.3, -0.25) is 0 Å². The molecule has 1 aromatic carbocycles. The van der Waals surface area contributed by atoms with Crippen molar-refractivity contribution in [3.8, 4) is 0 Å². The van der Waals surface area contributed by atoms with Crippen LogP contribution in [0.1, 0.15) is 12.6 Å². The second-order valence-electron chi connectivity index (χ2n) is 3.36. The zero-order chi connectivity index (χ0) is 13.1. The highest BCUT2D eigenvalue weighted by Crippen LogP contribution is 2.19. The molecular weight excluding hydrogens is 253 g/mol. The van der Waals surface area contributed by atoms with E-state index in [4.69, 9.17) is 0 Å². The van der Waals surface area contributed by atoms with Crippen LogP contribution in [-0.2, 0) is 6.54 Å². The Labute approximate surface area is 101 Å². The first kappa shape index (κ1) is 14.0. The fraction of sp³-hybridized carbons (Fsp3) is 0.300. The first-order chi connectivity index (χ1) is 7.83. The quantitative estimate of drug-likeness (QED) is 0.419.